The molecule has 6 nitrogen and oxygen atoms in total. The zero-order chi connectivity index (χ0) is 14.5. The van der Waals surface area contributed by atoms with E-state index in [0.29, 0.717) is 12.4 Å². The van der Waals surface area contributed by atoms with Gasteiger partial charge in [-0.15, -0.1) is 0 Å². The van der Waals surface area contributed by atoms with Gasteiger partial charge in [-0.2, -0.15) is 0 Å². The van der Waals surface area contributed by atoms with Crippen LogP contribution in [0.15, 0.2) is 12.4 Å². The molecular formula is C13H17ClN4O2. The van der Waals surface area contributed by atoms with E-state index in [1.54, 1.807) is 0 Å². The quantitative estimate of drug-likeness (QED) is 0.801. The third-order valence-corrected chi connectivity index (χ3v) is 4.91. The van der Waals surface area contributed by atoms with E-state index in [9.17, 15) is 4.79 Å². The number of aromatic nitrogens is 2. The molecule has 1 saturated carbocycles. The van der Waals surface area contributed by atoms with Gasteiger partial charge in [-0.1, -0.05) is 25.4 Å². The van der Waals surface area contributed by atoms with Crippen molar-refractivity contribution in [1.82, 2.24) is 9.97 Å². The molecule has 0 radical (unpaired) electrons. The van der Waals surface area contributed by atoms with Gasteiger partial charge in [0, 0.05) is 24.0 Å². The monoisotopic (exact) mass is 296 g/mol. The van der Waals surface area contributed by atoms with Gasteiger partial charge < -0.3 is 15.8 Å². The number of nitrogens with zero attached hydrogens (tertiary/aromatic N) is 2. The van der Waals surface area contributed by atoms with E-state index in [-0.39, 0.29) is 23.1 Å². The van der Waals surface area contributed by atoms with Gasteiger partial charge in [-0.25, -0.2) is 9.97 Å². The van der Waals surface area contributed by atoms with Crippen molar-refractivity contribution in [3.63, 3.8) is 0 Å². The van der Waals surface area contributed by atoms with E-state index in [2.05, 4.69) is 15.3 Å². The molecule has 1 amide bonds. The molecule has 20 heavy (non-hydrogen) atoms. The molecule has 3 unspecified atom stereocenters. The molecule has 3 rings (SSSR count). The number of fused-ring (bicyclic) bond motifs is 1. The molecule has 1 aromatic rings. The third kappa shape index (κ3) is 1.68. The van der Waals surface area contributed by atoms with Gasteiger partial charge in [-0.3, -0.25) is 4.79 Å². The number of rotatable bonds is 2. The lowest BCUT2D eigenvalue weighted by Crippen LogP contribution is -2.79. The molecule has 0 spiro atoms. The summed E-state index contributed by atoms with van der Waals surface area (Å²) < 4.78 is 5.68. The van der Waals surface area contributed by atoms with Crippen LogP contribution in [0.4, 0.5) is 5.82 Å². The summed E-state index contributed by atoms with van der Waals surface area (Å²) in [6, 6.07) is 1.50. The molecule has 1 aliphatic carbocycles. The number of carbonyl (C=O) groups is 1. The molecule has 0 bridgehead atoms. The summed E-state index contributed by atoms with van der Waals surface area (Å²) in [6.45, 7) is 4.59. The maximum atomic E-state index is 12.6. The molecule has 2 aliphatic rings. The van der Waals surface area contributed by atoms with Crippen LogP contribution in [-0.4, -0.2) is 34.1 Å². The van der Waals surface area contributed by atoms with Crippen LogP contribution in [0.25, 0.3) is 0 Å². The Balaban J connectivity index is 1.83. The van der Waals surface area contributed by atoms with Crippen LogP contribution >= 0.6 is 11.6 Å². The third-order valence-electron chi connectivity index (χ3n) is 4.71. The van der Waals surface area contributed by atoms with Crippen LogP contribution in [0.2, 0.25) is 5.15 Å². The first-order chi connectivity index (χ1) is 9.37. The number of halogens is 1. The zero-order valence-corrected chi connectivity index (χ0v) is 12.1. The van der Waals surface area contributed by atoms with E-state index in [1.807, 2.05) is 13.8 Å². The van der Waals surface area contributed by atoms with Gasteiger partial charge >= 0.3 is 0 Å². The molecule has 0 aromatic carbocycles. The first-order valence-electron chi connectivity index (χ1n) is 6.57. The Kier molecular flexibility index (Phi) is 3.00. The molecule has 1 aliphatic heterocycles. The second-order valence-corrected chi connectivity index (χ2v) is 6.34. The Morgan fingerprint density at radius 3 is 3.00 bits per heavy atom. The van der Waals surface area contributed by atoms with Gasteiger partial charge in [0.2, 0.25) is 5.91 Å². The van der Waals surface area contributed by atoms with Gasteiger partial charge in [0.25, 0.3) is 0 Å². The Morgan fingerprint density at radius 1 is 1.55 bits per heavy atom. The second-order valence-electron chi connectivity index (χ2n) is 5.96. The Morgan fingerprint density at radius 2 is 2.30 bits per heavy atom. The fourth-order valence-corrected chi connectivity index (χ4v) is 3.61. The largest absolute Gasteiger partial charge is 0.377 e. The second kappa shape index (κ2) is 4.38. The van der Waals surface area contributed by atoms with E-state index in [1.165, 1.54) is 12.4 Å². The minimum absolute atomic E-state index is 0.0484. The normalized spacial score (nSPS) is 34.2. The van der Waals surface area contributed by atoms with E-state index in [0.717, 1.165) is 6.42 Å². The smallest absolute Gasteiger partial charge is 0.246 e. The van der Waals surface area contributed by atoms with Crippen LogP contribution in [0.3, 0.4) is 0 Å². The van der Waals surface area contributed by atoms with Crippen LogP contribution in [0.1, 0.15) is 20.3 Å². The summed E-state index contributed by atoms with van der Waals surface area (Å²) in [5.74, 6) is 0.164. The lowest BCUT2D eigenvalue weighted by atomic mass is 9.48. The first-order valence-corrected chi connectivity index (χ1v) is 6.94. The highest BCUT2D eigenvalue weighted by Gasteiger charge is 2.71. The van der Waals surface area contributed by atoms with Crippen LogP contribution < -0.4 is 11.1 Å². The predicted octanol–water partition coefficient (Wildman–Crippen LogP) is 1.21. The number of anilines is 1. The fraction of sp³-hybridized carbons (Fsp3) is 0.615. The lowest BCUT2D eigenvalue weighted by molar-refractivity contribution is -0.170. The molecule has 2 fully saturated rings. The molecule has 3 N–H and O–H groups in total. The Labute approximate surface area is 122 Å². The summed E-state index contributed by atoms with van der Waals surface area (Å²) in [5.41, 5.74) is 5.07. The zero-order valence-electron chi connectivity index (χ0n) is 11.4. The summed E-state index contributed by atoms with van der Waals surface area (Å²) >= 11 is 5.78. The topological polar surface area (TPSA) is 90.1 Å². The Hall–Kier alpha value is -1.24. The van der Waals surface area contributed by atoms with Gasteiger partial charge in [-0.05, 0) is 6.42 Å². The predicted molar refractivity (Wildman–Crippen MR) is 74.2 cm³/mol. The Bertz CT molecular complexity index is 565. The van der Waals surface area contributed by atoms with Crippen molar-refractivity contribution in [3.8, 4) is 0 Å². The van der Waals surface area contributed by atoms with Crippen molar-refractivity contribution >= 4 is 23.3 Å². The number of carbonyl (C=O) groups excluding carboxylic acids is 1. The van der Waals surface area contributed by atoms with Gasteiger partial charge in [0.15, 0.2) is 0 Å². The number of nitrogens with one attached hydrogen (secondary N) is 1. The van der Waals surface area contributed by atoms with Crippen molar-refractivity contribution in [2.45, 2.75) is 31.9 Å². The van der Waals surface area contributed by atoms with Crippen LogP contribution in [-0.2, 0) is 9.53 Å². The van der Waals surface area contributed by atoms with Gasteiger partial charge in [0.05, 0.1) is 6.10 Å². The highest BCUT2D eigenvalue weighted by molar-refractivity contribution is 6.29. The number of amides is 1. The fourth-order valence-electron chi connectivity index (χ4n) is 3.47. The summed E-state index contributed by atoms with van der Waals surface area (Å²) in [7, 11) is 0. The molecule has 3 atom stereocenters. The van der Waals surface area contributed by atoms with Crippen LogP contribution in [0, 0.1) is 11.3 Å². The molecule has 1 aromatic heterocycles. The summed E-state index contributed by atoms with van der Waals surface area (Å²) in [5, 5.41) is 3.01. The number of ether oxygens (including phenoxy) is 1. The van der Waals surface area contributed by atoms with Crippen molar-refractivity contribution in [1.29, 1.82) is 0 Å². The van der Waals surface area contributed by atoms with Crippen molar-refractivity contribution < 1.29 is 9.53 Å². The maximum Gasteiger partial charge on any atom is 0.246 e. The number of nitrogens with two attached hydrogens (primary N) is 1. The molecule has 7 heteroatoms. The number of hydrogen-bond donors (Lipinski definition) is 2. The first kappa shape index (κ1) is 13.7. The molecular weight excluding hydrogens is 280 g/mol. The highest BCUT2D eigenvalue weighted by Crippen LogP contribution is 2.58. The minimum Gasteiger partial charge on any atom is -0.377 e. The van der Waals surface area contributed by atoms with Gasteiger partial charge in [0.1, 0.15) is 22.8 Å². The molecule has 108 valence electrons. The maximum absolute atomic E-state index is 12.6. The molecule has 1 saturated heterocycles. The molecule has 2 heterocycles. The SMILES string of the molecule is CC1(C)C2OCCC2C1(N)C(=O)Nc1cc(Cl)ncn1. The lowest BCUT2D eigenvalue weighted by Gasteiger charge is -2.60. The van der Waals surface area contributed by atoms with Crippen molar-refractivity contribution in [3.05, 3.63) is 17.5 Å². The van der Waals surface area contributed by atoms with E-state index < -0.39 is 11.0 Å². The minimum atomic E-state index is -0.953. The summed E-state index contributed by atoms with van der Waals surface area (Å²) in [4.78, 5) is 20.3. The van der Waals surface area contributed by atoms with E-state index >= 15 is 0 Å². The van der Waals surface area contributed by atoms with E-state index in [4.69, 9.17) is 22.1 Å². The van der Waals surface area contributed by atoms with Crippen molar-refractivity contribution in [2.75, 3.05) is 11.9 Å². The number of hydrogen-bond acceptors (Lipinski definition) is 5. The van der Waals surface area contributed by atoms with Crippen LogP contribution in [0.5, 0.6) is 0 Å². The average molecular weight is 297 g/mol. The standard InChI is InChI=1S/C13H17ClN4O2/c1-12(2)10-7(3-4-20-10)13(12,15)11(19)18-9-5-8(14)16-6-17-9/h5-7,10H,3-4,15H2,1-2H3,(H,16,17,18,19). The average Bonchev–Trinajstić information content (AvgIpc) is 2.85. The summed E-state index contributed by atoms with van der Waals surface area (Å²) in [6.07, 6.45) is 2.16. The highest BCUT2D eigenvalue weighted by atomic mass is 35.5. The van der Waals surface area contributed by atoms with Crippen molar-refractivity contribution in [2.24, 2.45) is 17.1 Å².